The highest BCUT2D eigenvalue weighted by molar-refractivity contribution is 7.13. The summed E-state index contributed by atoms with van der Waals surface area (Å²) in [5, 5.41) is 2.67. The van der Waals surface area contributed by atoms with E-state index < -0.39 is 0 Å². The van der Waals surface area contributed by atoms with Crippen molar-refractivity contribution >= 4 is 23.2 Å². The Morgan fingerprint density at radius 3 is 2.63 bits per heavy atom. The van der Waals surface area contributed by atoms with Crippen molar-refractivity contribution in [2.75, 3.05) is 6.61 Å². The van der Waals surface area contributed by atoms with E-state index in [9.17, 15) is 9.59 Å². The normalized spacial score (nSPS) is 10.4. The third-order valence-corrected chi connectivity index (χ3v) is 4.74. The van der Waals surface area contributed by atoms with Crippen LogP contribution in [0.3, 0.4) is 0 Å². The number of hydrazine groups is 1. The second kappa shape index (κ2) is 8.50. The number of benzene rings is 1. The largest absolute Gasteiger partial charge is 0.494 e. The van der Waals surface area contributed by atoms with Gasteiger partial charge in [0, 0.05) is 24.2 Å². The lowest BCUT2D eigenvalue weighted by molar-refractivity contribution is -0.121. The van der Waals surface area contributed by atoms with Gasteiger partial charge in [-0.05, 0) is 43.3 Å². The molecule has 1 aromatic carbocycles. The number of thiazole rings is 1. The molecule has 3 aromatic rings. The first-order valence-electron chi connectivity index (χ1n) is 8.45. The van der Waals surface area contributed by atoms with Crippen molar-refractivity contribution in [1.29, 1.82) is 0 Å². The van der Waals surface area contributed by atoms with Crippen LogP contribution in [0.15, 0.2) is 48.0 Å². The smallest absolute Gasteiger partial charge is 0.286 e. The molecule has 8 heteroatoms. The summed E-state index contributed by atoms with van der Waals surface area (Å²) in [7, 11) is 1.76. The van der Waals surface area contributed by atoms with Gasteiger partial charge in [0.25, 0.3) is 5.91 Å². The number of rotatable bonds is 6. The van der Waals surface area contributed by atoms with E-state index >= 15 is 0 Å². The molecule has 0 aliphatic carbocycles. The third kappa shape index (κ3) is 4.73. The van der Waals surface area contributed by atoms with Crippen molar-refractivity contribution in [2.24, 2.45) is 7.05 Å². The second-order valence-electron chi connectivity index (χ2n) is 5.78. The second-order valence-corrected chi connectivity index (χ2v) is 6.64. The number of nitrogens with zero attached hydrogens (tertiary/aromatic N) is 2. The number of nitrogens with one attached hydrogen (secondary N) is 2. The van der Waals surface area contributed by atoms with Gasteiger partial charge in [-0.25, -0.2) is 4.98 Å². The topological polar surface area (TPSA) is 85.2 Å². The molecule has 2 aromatic heterocycles. The van der Waals surface area contributed by atoms with Gasteiger partial charge in [0.15, 0.2) is 0 Å². The van der Waals surface area contributed by atoms with Crippen LogP contribution in [-0.4, -0.2) is 28.0 Å². The van der Waals surface area contributed by atoms with Gasteiger partial charge >= 0.3 is 0 Å². The molecule has 7 nitrogen and oxygen atoms in total. The van der Waals surface area contributed by atoms with Crippen molar-refractivity contribution in [3.05, 3.63) is 59.4 Å². The molecule has 2 N–H and O–H groups in total. The molecule has 2 amide bonds. The standard InChI is InChI=1S/C19H20N4O3S/c1-3-26-15-8-6-13(7-9-15)19-20-14(12-27-19)11-17(24)21-22-18(25)16-5-4-10-23(16)2/h4-10,12H,3,11H2,1-2H3,(H,21,24)(H,22,25). The molecule has 3 rings (SSSR count). The average Bonchev–Trinajstić information content (AvgIpc) is 3.30. The Balaban J connectivity index is 1.54. The summed E-state index contributed by atoms with van der Waals surface area (Å²) in [4.78, 5) is 28.5. The van der Waals surface area contributed by atoms with E-state index in [1.807, 2.05) is 36.6 Å². The first kappa shape index (κ1) is 18.7. The van der Waals surface area contributed by atoms with Gasteiger partial charge in [-0.1, -0.05) is 0 Å². The van der Waals surface area contributed by atoms with Crippen molar-refractivity contribution in [1.82, 2.24) is 20.4 Å². The molecule has 0 saturated carbocycles. The van der Waals surface area contributed by atoms with Gasteiger partial charge in [-0.15, -0.1) is 11.3 Å². The summed E-state index contributed by atoms with van der Waals surface area (Å²) in [5.74, 6) is 0.108. The summed E-state index contributed by atoms with van der Waals surface area (Å²) in [6.07, 6.45) is 1.84. The van der Waals surface area contributed by atoms with Crippen LogP contribution in [0.1, 0.15) is 23.1 Å². The molecule has 27 heavy (non-hydrogen) atoms. The summed E-state index contributed by atoms with van der Waals surface area (Å²) >= 11 is 1.47. The molecule has 0 aliphatic heterocycles. The molecular weight excluding hydrogens is 364 g/mol. The first-order valence-corrected chi connectivity index (χ1v) is 9.33. The van der Waals surface area contributed by atoms with E-state index in [4.69, 9.17) is 4.74 Å². The van der Waals surface area contributed by atoms with E-state index in [0.717, 1.165) is 16.3 Å². The molecule has 0 saturated heterocycles. The molecule has 0 atom stereocenters. The van der Waals surface area contributed by atoms with Gasteiger partial charge in [-0.3, -0.25) is 20.4 Å². The highest BCUT2D eigenvalue weighted by atomic mass is 32.1. The number of ether oxygens (including phenoxy) is 1. The fourth-order valence-electron chi connectivity index (χ4n) is 2.48. The quantitative estimate of drug-likeness (QED) is 0.640. The molecule has 0 aliphatic rings. The first-order chi connectivity index (χ1) is 13.1. The maximum Gasteiger partial charge on any atom is 0.286 e. The zero-order chi connectivity index (χ0) is 19.2. The molecule has 0 bridgehead atoms. The summed E-state index contributed by atoms with van der Waals surface area (Å²) in [6, 6.07) is 11.1. The molecule has 0 fully saturated rings. The minimum Gasteiger partial charge on any atom is -0.494 e. The van der Waals surface area contributed by atoms with Gasteiger partial charge in [-0.2, -0.15) is 0 Å². The molecule has 0 spiro atoms. The number of hydrogen-bond acceptors (Lipinski definition) is 5. The zero-order valence-electron chi connectivity index (χ0n) is 15.1. The Morgan fingerprint density at radius 2 is 1.96 bits per heavy atom. The Kier molecular flexibility index (Phi) is 5.87. The van der Waals surface area contributed by atoms with Gasteiger partial charge in [0.1, 0.15) is 16.5 Å². The average molecular weight is 384 g/mol. The summed E-state index contributed by atoms with van der Waals surface area (Å²) in [5.41, 5.74) is 6.89. The lowest BCUT2D eigenvalue weighted by Gasteiger charge is -2.07. The van der Waals surface area contributed by atoms with Crippen molar-refractivity contribution in [3.63, 3.8) is 0 Å². The van der Waals surface area contributed by atoms with Crippen molar-refractivity contribution in [3.8, 4) is 16.3 Å². The van der Waals surface area contributed by atoms with Gasteiger partial charge in [0.2, 0.25) is 5.91 Å². The predicted molar refractivity (Wildman–Crippen MR) is 103 cm³/mol. The Hall–Kier alpha value is -3.13. The van der Waals surface area contributed by atoms with E-state index in [0.29, 0.717) is 18.0 Å². The third-order valence-electron chi connectivity index (χ3n) is 3.80. The van der Waals surface area contributed by atoms with Crippen LogP contribution in [0.4, 0.5) is 0 Å². The highest BCUT2D eigenvalue weighted by Gasteiger charge is 2.12. The number of carbonyl (C=O) groups excluding carboxylic acids is 2. The Labute approximate surface area is 161 Å². The van der Waals surface area contributed by atoms with Crippen LogP contribution in [0, 0.1) is 0 Å². The van der Waals surface area contributed by atoms with Crippen LogP contribution in [-0.2, 0) is 18.3 Å². The minimum absolute atomic E-state index is 0.0843. The maximum absolute atomic E-state index is 12.0. The molecule has 140 valence electrons. The fraction of sp³-hybridized carbons (Fsp3) is 0.211. The lowest BCUT2D eigenvalue weighted by Crippen LogP contribution is -2.43. The Morgan fingerprint density at radius 1 is 1.19 bits per heavy atom. The zero-order valence-corrected chi connectivity index (χ0v) is 15.9. The van der Waals surface area contributed by atoms with E-state index in [-0.39, 0.29) is 18.2 Å². The lowest BCUT2D eigenvalue weighted by atomic mass is 10.2. The van der Waals surface area contributed by atoms with Gasteiger partial charge in [0.05, 0.1) is 18.7 Å². The highest BCUT2D eigenvalue weighted by Crippen LogP contribution is 2.25. The molecule has 0 radical (unpaired) electrons. The predicted octanol–water partition coefficient (Wildman–Crippen LogP) is 2.55. The van der Waals surface area contributed by atoms with Crippen LogP contribution < -0.4 is 15.6 Å². The molecule has 0 unspecified atom stereocenters. The minimum atomic E-state index is -0.371. The van der Waals surface area contributed by atoms with Crippen LogP contribution >= 0.6 is 11.3 Å². The monoisotopic (exact) mass is 384 g/mol. The number of aromatic nitrogens is 2. The Bertz CT molecular complexity index is 931. The van der Waals surface area contributed by atoms with Crippen molar-refractivity contribution in [2.45, 2.75) is 13.3 Å². The fourth-order valence-corrected chi connectivity index (χ4v) is 3.30. The van der Waals surface area contributed by atoms with E-state index in [1.165, 1.54) is 11.3 Å². The number of carbonyl (C=O) groups is 2. The summed E-state index contributed by atoms with van der Waals surface area (Å²) in [6.45, 7) is 2.56. The molecule has 2 heterocycles. The number of hydrogen-bond donors (Lipinski definition) is 2. The molecular formula is C19H20N4O3S. The van der Waals surface area contributed by atoms with E-state index in [1.54, 1.807) is 29.9 Å². The van der Waals surface area contributed by atoms with E-state index in [2.05, 4.69) is 15.8 Å². The maximum atomic E-state index is 12.0. The van der Waals surface area contributed by atoms with Crippen LogP contribution in [0.5, 0.6) is 5.75 Å². The number of aryl methyl sites for hydroxylation is 1. The van der Waals surface area contributed by atoms with Crippen LogP contribution in [0.2, 0.25) is 0 Å². The van der Waals surface area contributed by atoms with Crippen molar-refractivity contribution < 1.29 is 14.3 Å². The number of amides is 2. The SMILES string of the molecule is CCOc1ccc(-c2nc(CC(=O)NNC(=O)c3cccn3C)cs2)cc1. The van der Waals surface area contributed by atoms with Gasteiger partial charge < -0.3 is 9.30 Å². The van der Waals surface area contributed by atoms with Crippen LogP contribution in [0.25, 0.3) is 10.6 Å². The summed E-state index contributed by atoms with van der Waals surface area (Å²) < 4.78 is 7.10.